The van der Waals surface area contributed by atoms with Crippen LogP contribution >= 0.6 is 0 Å². The Hall–Kier alpha value is -1.63. The molecule has 1 aromatic heterocycles. The maximum Gasteiger partial charge on any atom is 0.0708 e. The maximum absolute atomic E-state index is 4.89. The van der Waals surface area contributed by atoms with E-state index in [-0.39, 0.29) is 0 Å². The predicted octanol–water partition coefficient (Wildman–Crippen LogP) is 5.51. The second-order valence-corrected chi connectivity index (χ2v) is 5.51. The minimum atomic E-state index is 0.468. The highest BCUT2D eigenvalue weighted by Crippen LogP contribution is 2.34. The number of para-hydroxylation sites is 1. The molecule has 1 atom stereocenters. The van der Waals surface area contributed by atoms with Crippen molar-refractivity contribution in [1.29, 1.82) is 0 Å². The zero-order chi connectivity index (χ0) is 14.0. The molecule has 1 nitrogen and oxygen atoms in total. The standard InChI is InChI=1S/C18H23N/c1-6-13(5)18-14(7-2)17(12(3)4)15-10-8-9-11-16(15)19-18/h7-13H,2,6H2,1,3-5H3. The van der Waals surface area contributed by atoms with Crippen molar-refractivity contribution in [1.82, 2.24) is 4.98 Å². The van der Waals surface area contributed by atoms with Gasteiger partial charge < -0.3 is 0 Å². The molecule has 0 radical (unpaired) electrons. The summed E-state index contributed by atoms with van der Waals surface area (Å²) < 4.78 is 0. The Morgan fingerprint density at radius 1 is 1.21 bits per heavy atom. The Morgan fingerprint density at radius 3 is 2.47 bits per heavy atom. The van der Waals surface area contributed by atoms with E-state index in [4.69, 9.17) is 4.98 Å². The van der Waals surface area contributed by atoms with Crippen molar-refractivity contribution in [2.24, 2.45) is 0 Å². The highest BCUT2D eigenvalue weighted by atomic mass is 14.7. The molecule has 2 aromatic rings. The van der Waals surface area contributed by atoms with Gasteiger partial charge in [0.1, 0.15) is 0 Å². The molecule has 100 valence electrons. The molecule has 0 saturated heterocycles. The molecule has 19 heavy (non-hydrogen) atoms. The molecule has 0 aliphatic rings. The maximum atomic E-state index is 4.89. The molecule has 1 heterocycles. The molecular formula is C18H23N. The fraction of sp³-hybridized carbons (Fsp3) is 0.389. The minimum Gasteiger partial charge on any atom is -0.252 e. The van der Waals surface area contributed by atoms with Gasteiger partial charge in [-0.2, -0.15) is 0 Å². The zero-order valence-corrected chi connectivity index (χ0v) is 12.4. The lowest BCUT2D eigenvalue weighted by atomic mass is 9.88. The van der Waals surface area contributed by atoms with E-state index in [1.165, 1.54) is 22.2 Å². The fourth-order valence-electron chi connectivity index (χ4n) is 2.68. The highest BCUT2D eigenvalue weighted by molar-refractivity contribution is 5.86. The smallest absolute Gasteiger partial charge is 0.0708 e. The van der Waals surface area contributed by atoms with Crippen LogP contribution in [-0.4, -0.2) is 4.98 Å². The third-order valence-electron chi connectivity index (χ3n) is 3.86. The summed E-state index contributed by atoms with van der Waals surface area (Å²) in [6.45, 7) is 13.0. The van der Waals surface area contributed by atoms with Crippen LogP contribution < -0.4 is 0 Å². The zero-order valence-electron chi connectivity index (χ0n) is 12.4. The van der Waals surface area contributed by atoms with Crippen LogP contribution in [0.1, 0.15) is 62.8 Å². The molecule has 0 amide bonds. The van der Waals surface area contributed by atoms with Crippen molar-refractivity contribution in [3.8, 4) is 0 Å². The molecule has 0 spiro atoms. The summed E-state index contributed by atoms with van der Waals surface area (Å²) in [5.74, 6) is 0.943. The van der Waals surface area contributed by atoms with Gasteiger partial charge in [-0.05, 0) is 35.4 Å². The minimum absolute atomic E-state index is 0.468. The van der Waals surface area contributed by atoms with Crippen molar-refractivity contribution in [2.45, 2.75) is 46.0 Å². The summed E-state index contributed by atoms with van der Waals surface area (Å²) in [4.78, 5) is 4.89. The Balaban J connectivity index is 2.87. The molecule has 1 aromatic carbocycles. The van der Waals surface area contributed by atoms with Crippen LogP contribution in [0.3, 0.4) is 0 Å². The van der Waals surface area contributed by atoms with Gasteiger partial charge in [0.15, 0.2) is 0 Å². The lowest BCUT2D eigenvalue weighted by Gasteiger charge is -2.20. The molecule has 0 aliphatic heterocycles. The Kier molecular flexibility index (Phi) is 4.04. The second-order valence-electron chi connectivity index (χ2n) is 5.51. The van der Waals surface area contributed by atoms with Crippen molar-refractivity contribution in [2.75, 3.05) is 0 Å². The first-order valence-electron chi connectivity index (χ1n) is 7.15. The van der Waals surface area contributed by atoms with Gasteiger partial charge in [-0.1, -0.05) is 58.5 Å². The van der Waals surface area contributed by atoms with Crippen molar-refractivity contribution in [3.63, 3.8) is 0 Å². The van der Waals surface area contributed by atoms with Crippen LogP contribution in [-0.2, 0) is 0 Å². The van der Waals surface area contributed by atoms with Crippen LogP contribution in [0.5, 0.6) is 0 Å². The van der Waals surface area contributed by atoms with Gasteiger partial charge in [-0.3, -0.25) is 4.98 Å². The average molecular weight is 253 g/mol. The van der Waals surface area contributed by atoms with Crippen molar-refractivity contribution >= 4 is 17.0 Å². The normalized spacial score (nSPS) is 12.9. The monoisotopic (exact) mass is 253 g/mol. The van der Waals surface area contributed by atoms with Crippen molar-refractivity contribution in [3.05, 3.63) is 47.7 Å². The first-order chi connectivity index (χ1) is 9.10. The summed E-state index contributed by atoms with van der Waals surface area (Å²) in [5, 5.41) is 1.26. The van der Waals surface area contributed by atoms with E-state index < -0.39 is 0 Å². The van der Waals surface area contributed by atoms with E-state index in [0.717, 1.165) is 11.9 Å². The third-order valence-corrected chi connectivity index (χ3v) is 3.86. The number of aromatic nitrogens is 1. The largest absolute Gasteiger partial charge is 0.252 e. The molecule has 2 rings (SSSR count). The molecular weight excluding hydrogens is 230 g/mol. The first-order valence-corrected chi connectivity index (χ1v) is 7.15. The van der Waals surface area contributed by atoms with Gasteiger partial charge in [0.05, 0.1) is 11.2 Å². The molecule has 0 saturated carbocycles. The fourth-order valence-corrected chi connectivity index (χ4v) is 2.68. The topological polar surface area (TPSA) is 12.9 Å². The molecule has 1 heteroatoms. The number of benzene rings is 1. The van der Waals surface area contributed by atoms with Crippen LogP contribution in [0.15, 0.2) is 30.8 Å². The lowest BCUT2D eigenvalue weighted by molar-refractivity contribution is 0.705. The number of hydrogen-bond donors (Lipinski definition) is 0. The van der Waals surface area contributed by atoms with E-state index >= 15 is 0 Å². The summed E-state index contributed by atoms with van der Waals surface area (Å²) in [6, 6.07) is 8.43. The Labute approximate surface area is 116 Å². The quantitative estimate of drug-likeness (QED) is 0.699. The SMILES string of the molecule is C=Cc1c(C(C)CC)nc2ccccc2c1C(C)C. The Morgan fingerprint density at radius 2 is 1.89 bits per heavy atom. The Bertz CT molecular complexity index is 596. The third kappa shape index (κ3) is 2.42. The predicted molar refractivity (Wildman–Crippen MR) is 84.6 cm³/mol. The molecule has 0 N–H and O–H groups in total. The van der Waals surface area contributed by atoms with Crippen LogP contribution in [0, 0.1) is 0 Å². The molecule has 0 bridgehead atoms. The van der Waals surface area contributed by atoms with Crippen LogP contribution in [0.2, 0.25) is 0 Å². The molecule has 0 fully saturated rings. The number of hydrogen-bond acceptors (Lipinski definition) is 1. The van der Waals surface area contributed by atoms with E-state index in [0.29, 0.717) is 11.8 Å². The number of rotatable bonds is 4. The van der Waals surface area contributed by atoms with E-state index in [1.807, 2.05) is 6.08 Å². The second kappa shape index (κ2) is 5.56. The van der Waals surface area contributed by atoms with Gasteiger partial charge in [0.2, 0.25) is 0 Å². The number of fused-ring (bicyclic) bond motifs is 1. The molecule has 0 aliphatic carbocycles. The van der Waals surface area contributed by atoms with E-state index in [9.17, 15) is 0 Å². The number of pyridine rings is 1. The number of nitrogens with zero attached hydrogens (tertiary/aromatic N) is 1. The van der Waals surface area contributed by atoms with Gasteiger partial charge >= 0.3 is 0 Å². The average Bonchev–Trinajstić information content (AvgIpc) is 2.43. The lowest BCUT2D eigenvalue weighted by Crippen LogP contribution is -2.05. The van der Waals surface area contributed by atoms with Gasteiger partial charge in [0.25, 0.3) is 0 Å². The van der Waals surface area contributed by atoms with Gasteiger partial charge in [-0.25, -0.2) is 0 Å². The van der Waals surface area contributed by atoms with E-state index in [2.05, 4.69) is 58.5 Å². The van der Waals surface area contributed by atoms with Gasteiger partial charge in [-0.15, -0.1) is 0 Å². The summed E-state index contributed by atoms with van der Waals surface area (Å²) in [6.07, 6.45) is 3.08. The van der Waals surface area contributed by atoms with Crippen LogP contribution in [0.25, 0.3) is 17.0 Å². The van der Waals surface area contributed by atoms with Gasteiger partial charge in [0, 0.05) is 5.39 Å². The molecule has 1 unspecified atom stereocenters. The first kappa shape index (κ1) is 13.8. The summed E-state index contributed by atoms with van der Waals surface area (Å²) in [7, 11) is 0. The summed E-state index contributed by atoms with van der Waals surface area (Å²) >= 11 is 0. The summed E-state index contributed by atoms with van der Waals surface area (Å²) in [5.41, 5.74) is 4.92. The van der Waals surface area contributed by atoms with E-state index in [1.54, 1.807) is 0 Å². The van der Waals surface area contributed by atoms with Crippen molar-refractivity contribution < 1.29 is 0 Å². The van der Waals surface area contributed by atoms with Crippen LogP contribution in [0.4, 0.5) is 0 Å². The highest BCUT2D eigenvalue weighted by Gasteiger charge is 2.18.